The first-order valence-corrected chi connectivity index (χ1v) is 15.7. The van der Waals surface area contributed by atoms with Gasteiger partial charge in [-0.1, -0.05) is 5.16 Å². The fourth-order valence-corrected chi connectivity index (χ4v) is 7.64. The van der Waals surface area contributed by atoms with E-state index in [9.17, 15) is 34.2 Å². The van der Waals surface area contributed by atoms with Crippen LogP contribution in [0.4, 0.5) is 5.13 Å². The Morgan fingerprint density at radius 2 is 2.04 bits per heavy atom. The number of aliphatic carboxylic acids is 1. The number of nitrogen functional groups attached to an aromatic ring is 1. The van der Waals surface area contributed by atoms with Gasteiger partial charge in [0.15, 0.2) is 10.8 Å². The number of anilines is 1. The third-order valence-corrected chi connectivity index (χ3v) is 10.4. The minimum Gasteiger partial charge on any atom is -0.481 e. The molecule has 2 unspecified atom stereocenters. The summed E-state index contributed by atoms with van der Waals surface area (Å²) < 4.78 is 1.21. The molecule has 0 aliphatic carbocycles. The van der Waals surface area contributed by atoms with E-state index in [1.807, 2.05) is 5.43 Å². The third kappa shape index (κ3) is 6.08. The number of carbonyl (C=O) groups is 5. The normalized spacial score (nSPS) is 21.5. The lowest BCUT2D eigenvalue weighted by Gasteiger charge is -2.53. The lowest BCUT2D eigenvalue weighted by Crippen LogP contribution is -2.74. The predicted molar refractivity (Wildman–Crippen MR) is 159 cm³/mol. The molecule has 2 saturated heterocycles. The van der Waals surface area contributed by atoms with E-state index >= 15 is 0 Å². The Bertz CT molecular complexity index is 1740. The number of carboxylic acid groups (broad SMARTS) is 2. The van der Waals surface area contributed by atoms with Gasteiger partial charge in [-0.25, -0.2) is 20.6 Å². The largest absolute Gasteiger partial charge is 0.481 e. The van der Waals surface area contributed by atoms with E-state index in [2.05, 4.69) is 30.5 Å². The van der Waals surface area contributed by atoms with E-state index in [-0.39, 0.29) is 40.4 Å². The SMILES string of the molecule is CC(C)(ON=C(C(=O)NC1C(=O)N2CC(CSc3ccnc4nc(C(=O)O)nn34)(C(=O)O)CS[C@H]12)c1csc(N)n1)C(=O)NN. The summed E-state index contributed by atoms with van der Waals surface area (Å²) in [5.41, 5.74) is 4.43. The van der Waals surface area contributed by atoms with Gasteiger partial charge in [-0.15, -0.1) is 40.0 Å². The molecule has 8 N–H and O–H groups in total. The molecule has 3 amide bonds. The highest BCUT2D eigenvalue weighted by Crippen LogP contribution is 2.44. The smallest absolute Gasteiger partial charge is 0.375 e. The van der Waals surface area contributed by atoms with Gasteiger partial charge in [-0.3, -0.25) is 24.6 Å². The molecule has 19 nitrogen and oxygen atoms in total. The van der Waals surface area contributed by atoms with Crippen LogP contribution in [0.25, 0.3) is 5.78 Å². The number of aromatic nitrogens is 5. The topological polar surface area (TPSA) is 283 Å². The van der Waals surface area contributed by atoms with Crippen molar-refractivity contribution in [3.63, 3.8) is 0 Å². The Balaban J connectivity index is 1.29. The van der Waals surface area contributed by atoms with Crippen molar-refractivity contribution in [2.45, 2.75) is 35.9 Å². The molecular formula is C23H25N11O8S3. The van der Waals surface area contributed by atoms with Crippen LogP contribution < -0.4 is 22.3 Å². The quantitative estimate of drug-likeness (QED) is 0.0259. The molecule has 5 rings (SSSR count). The van der Waals surface area contributed by atoms with Crippen LogP contribution in [-0.4, -0.2) is 110 Å². The molecule has 0 bridgehead atoms. The molecule has 0 radical (unpaired) electrons. The van der Waals surface area contributed by atoms with Crippen LogP contribution in [-0.2, 0) is 24.0 Å². The molecule has 3 aromatic heterocycles. The first-order valence-electron chi connectivity index (χ1n) is 12.8. The standard InChI is InChI=1S/C23H25N11O8S3/c1-22(2,18(39)30-25)42-32-11(9-5-43-20(24)27-9)14(35)28-12-15(36)33-6-23(19(40)41,8-45-16(12)33)7-44-10-3-4-26-21-29-13(17(37)38)31-34(10)21/h3-5,12,16H,6-8,25H2,1-2H3,(H2,24,27)(H,28,35)(H,30,39)(H,37,38)(H,40,41)/t12?,16-,23?/m1/s1. The van der Waals surface area contributed by atoms with Crippen molar-refractivity contribution in [3.8, 4) is 0 Å². The molecule has 2 aliphatic rings. The molecule has 2 aliphatic heterocycles. The van der Waals surface area contributed by atoms with Crippen LogP contribution in [0, 0.1) is 5.41 Å². The first kappa shape index (κ1) is 31.9. The molecule has 0 saturated carbocycles. The number of fused-ring (bicyclic) bond motifs is 2. The average molecular weight is 680 g/mol. The highest BCUT2D eigenvalue weighted by molar-refractivity contribution is 8.00. The Kier molecular flexibility index (Phi) is 8.57. The summed E-state index contributed by atoms with van der Waals surface area (Å²) in [5, 5.41) is 31.2. The molecular weight excluding hydrogens is 655 g/mol. The molecule has 45 heavy (non-hydrogen) atoms. The lowest BCUT2D eigenvalue weighted by atomic mass is 9.89. The van der Waals surface area contributed by atoms with Crippen LogP contribution in [0.2, 0.25) is 0 Å². The minimum atomic E-state index is -1.56. The van der Waals surface area contributed by atoms with Crippen molar-refractivity contribution >= 4 is 81.1 Å². The summed E-state index contributed by atoms with van der Waals surface area (Å²) in [5.74, 6) is 0.344. The van der Waals surface area contributed by atoms with Gasteiger partial charge in [0.25, 0.3) is 23.4 Å². The molecule has 5 heterocycles. The highest BCUT2D eigenvalue weighted by atomic mass is 32.2. The van der Waals surface area contributed by atoms with E-state index in [4.69, 9.17) is 16.4 Å². The Hall–Kier alpha value is -4.54. The summed E-state index contributed by atoms with van der Waals surface area (Å²) >= 11 is 3.33. The zero-order valence-electron chi connectivity index (χ0n) is 23.4. The van der Waals surface area contributed by atoms with Crippen LogP contribution in [0.1, 0.15) is 30.2 Å². The number of hydrogen-bond acceptors (Lipinski definition) is 16. The summed E-state index contributed by atoms with van der Waals surface area (Å²) in [6, 6.07) is 0.544. The maximum Gasteiger partial charge on any atom is 0.375 e. The van der Waals surface area contributed by atoms with Crippen molar-refractivity contribution in [3.05, 3.63) is 29.2 Å². The van der Waals surface area contributed by atoms with E-state index in [1.54, 1.807) is 6.07 Å². The number of aromatic carboxylic acids is 1. The molecule has 3 aromatic rings. The van der Waals surface area contributed by atoms with Crippen LogP contribution in [0.15, 0.2) is 27.8 Å². The summed E-state index contributed by atoms with van der Waals surface area (Å²) in [6.07, 6.45) is 1.40. The Labute approximate surface area is 265 Å². The summed E-state index contributed by atoms with van der Waals surface area (Å²) in [7, 11) is 0. The Morgan fingerprint density at radius 1 is 1.29 bits per heavy atom. The van der Waals surface area contributed by atoms with Crippen molar-refractivity contribution in [2.24, 2.45) is 16.4 Å². The number of thiazole rings is 1. The van der Waals surface area contributed by atoms with Gasteiger partial charge in [-0.05, 0) is 19.9 Å². The number of rotatable bonds is 11. The predicted octanol–water partition coefficient (Wildman–Crippen LogP) is -1.39. The average Bonchev–Trinajstić information content (AvgIpc) is 3.65. The van der Waals surface area contributed by atoms with Gasteiger partial charge in [0.2, 0.25) is 11.5 Å². The number of carbonyl (C=O) groups excluding carboxylic acids is 3. The number of nitrogens with one attached hydrogen (secondary N) is 2. The van der Waals surface area contributed by atoms with Crippen molar-refractivity contribution in [2.75, 3.05) is 23.8 Å². The number of nitrogens with two attached hydrogens (primary N) is 2. The van der Waals surface area contributed by atoms with E-state index in [1.165, 1.54) is 46.6 Å². The van der Waals surface area contributed by atoms with E-state index < -0.39 is 57.9 Å². The second kappa shape index (κ2) is 12.1. The van der Waals surface area contributed by atoms with Gasteiger partial charge >= 0.3 is 11.9 Å². The summed E-state index contributed by atoms with van der Waals surface area (Å²) in [6.45, 7) is 2.61. The number of carboxylic acids is 2. The van der Waals surface area contributed by atoms with Crippen LogP contribution >= 0.6 is 34.9 Å². The van der Waals surface area contributed by atoms with E-state index in [0.29, 0.717) is 5.03 Å². The Morgan fingerprint density at radius 3 is 2.69 bits per heavy atom. The zero-order valence-corrected chi connectivity index (χ0v) is 25.8. The first-order chi connectivity index (χ1) is 21.3. The summed E-state index contributed by atoms with van der Waals surface area (Å²) in [4.78, 5) is 80.9. The second-order valence-corrected chi connectivity index (χ2v) is 13.3. The minimum absolute atomic E-state index is 0.00971. The number of amides is 3. The third-order valence-electron chi connectivity index (χ3n) is 6.80. The molecule has 22 heteroatoms. The van der Waals surface area contributed by atoms with Crippen molar-refractivity contribution in [1.82, 2.24) is 40.2 Å². The van der Waals surface area contributed by atoms with E-state index in [0.717, 1.165) is 23.1 Å². The maximum atomic E-state index is 13.3. The number of hydrogen-bond donors (Lipinski definition) is 6. The van der Waals surface area contributed by atoms with Gasteiger partial charge in [0.1, 0.15) is 27.6 Å². The fraction of sp³-hybridized carbons (Fsp3) is 0.391. The molecule has 0 aromatic carbocycles. The van der Waals surface area contributed by atoms with Crippen molar-refractivity contribution < 1.29 is 39.0 Å². The number of thioether (sulfide) groups is 2. The van der Waals surface area contributed by atoms with Gasteiger partial charge in [-0.2, -0.15) is 9.50 Å². The van der Waals surface area contributed by atoms with Crippen LogP contribution in [0.5, 0.6) is 0 Å². The second-order valence-electron chi connectivity index (χ2n) is 10.3. The molecule has 0 spiro atoms. The number of β-lactam (4-membered cyclic amide) rings is 1. The maximum absolute atomic E-state index is 13.3. The zero-order chi connectivity index (χ0) is 32.7. The van der Waals surface area contributed by atoms with Gasteiger partial charge < -0.3 is 31.0 Å². The van der Waals surface area contributed by atoms with Crippen molar-refractivity contribution in [1.29, 1.82) is 0 Å². The van der Waals surface area contributed by atoms with Gasteiger partial charge in [0.05, 0.1) is 0 Å². The fourth-order valence-electron chi connectivity index (χ4n) is 4.28. The van der Waals surface area contributed by atoms with Crippen LogP contribution in [0.3, 0.4) is 0 Å². The number of oxime groups is 1. The molecule has 3 atom stereocenters. The number of hydrazine groups is 1. The molecule has 238 valence electrons. The molecule has 2 fully saturated rings. The monoisotopic (exact) mass is 679 g/mol. The lowest BCUT2D eigenvalue weighted by molar-refractivity contribution is -0.157. The van der Waals surface area contributed by atoms with Gasteiger partial charge in [0, 0.05) is 29.6 Å². The highest BCUT2D eigenvalue weighted by Gasteiger charge is 2.57. The number of nitrogens with zero attached hydrogens (tertiary/aromatic N) is 7.